The largest absolute Gasteiger partial charge is 0.416 e. The van der Waals surface area contributed by atoms with Crippen molar-refractivity contribution >= 4 is 11.8 Å². The van der Waals surface area contributed by atoms with Crippen molar-refractivity contribution in [2.45, 2.75) is 50.2 Å². The number of nitrogens with one attached hydrogen (secondary N) is 2. The van der Waals surface area contributed by atoms with Gasteiger partial charge in [0.05, 0.1) is 35.9 Å². The number of alkyl halides is 3. The lowest BCUT2D eigenvalue weighted by Crippen LogP contribution is -2.48. The van der Waals surface area contributed by atoms with Crippen LogP contribution in [-0.2, 0) is 23.9 Å². The van der Waals surface area contributed by atoms with E-state index in [2.05, 4.69) is 10.6 Å². The molecule has 0 aromatic heterocycles. The molecule has 1 fully saturated rings. The van der Waals surface area contributed by atoms with E-state index in [0.29, 0.717) is 18.7 Å². The first-order valence-electron chi connectivity index (χ1n) is 14.1. The van der Waals surface area contributed by atoms with Gasteiger partial charge in [0.15, 0.2) is 0 Å². The van der Waals surface area contributed by atoms with Gasteiger partial charge in [0.2, 0.25) is 0 Å². The summed E-state index contributed by atoms with van der Waals surface area (Å²) in [6, 6.07) is 16.6. The third kappa shape index (κ3) is 8.62. The van der Waals surface area contributed by atoms with Crippen molar-refractivity contribution in [2.75, 3.05) is 26.8 Å². The van der Waals surface area contributed by atoms with Crippen LogP contribution in [0.3, 0.4) is 0 Å². The second-order valence-electron chi connectivity index (χ2n) is 10.6. The molecule has 1 saturated heterocycles. The Morgan fingerprint density at radius 2 is 1.79 bits per heavy atom. The maximum Gasteiger partial charge on any atom is 0.416 e. The van der Waals surface area contributed by atoms with Gasteiger partial charge < -0.3 is 25.4 Å². The Morgan fingerprint density at radius 3 is 2.51 bits per heavy atom. The summed E-state index contributed by atoms with van der Waals surface area (Å²) in [7, 11) is 1.54. The Hall–Kier alpha value is -3.80. The molecule has 0 spiro atoms. The van der Waals surface area contributed by atoms with Crippen molar-refractivity contribution in [3.8, 4) is 0 Å². The molecule has 3 aromatic carbocycles. The summed E-state index contributed by atoms with van der Waals surface area (Å²) in [5.41, 5.74) is 0.281. The molecule has 3 aromatic rings. The zero-order valence-electron chi connectivity index (χ0n) is 23.7. The summed E-state index contributed by atoms with van der Waals surface area (Å²) >= 11 is 0. The van der Waals surface area contributed by atoms with Gasteiger partial charge in [-0.05, 0) is 54.7 Å². The van der Waals surface area contributed by atoms with Crippen LogP contribution in [0.15, 0.2) is 72.8 Å². The van der Waals surface area contributed by atoms with Crippen LogP contribution in [0.4, 0.5) is 17.6 Å². The van der Waals surface area contributed by atoms with E-state index < -0.39 is 41.5 Å². The van der Waals surface area contributed by atoms with E-state index in [9.17, 15) is 32.3 Å². The van der Waals surface area contributed by atoms with Crippen molar-refractivity contribution in [1.29, 1.82) is 0 Å². The summed E-state index contributed by atoms with van der Waals surface area (Å²) in [6.45, 7) is 0.823. The first kappa shape index (κ1) is 32.1. The lowest BCUT2D eigenvalue weighted by molar-refractivity contribution is -0.137. The number of carbonyl (C=O) groups is 2. The molecule has 230 valence electrons. The molecular formula is C32H35F4N3O4. The first-order chi connectivity index (χ1) is 20.6. The van der Waals surface area contributed by atoms with Gasteiger partial charge >= 0.3 is 6.18 Å². The fourth-order valence-electron chi connectivity index (χ4n) is 5.22. The van der Waals surface area contributed by atoms with Crippen LogP contribution < -0.4 is 10.6 Å². The number of carbonyl (C=O) groups excluding carboxylic acids is 2. The molecular weight excluding hydrogens is 566 g/mol. The minimum Gasteiger partial charge on any atom is -0.390 e. The Kier molecular flexibility index (Phi) is 10.9. The highest BCUT2D eigenvalue weighted by Gasteiger charge is 2.32. The number of nitrogens with zero attached hydrogens (tertiary/aromatic N) is 1. The summed E-state index contributed by atoms with van der Waals surface area (Å²) < 4.78 is 59.2. The second-order valence-corrected chi connectivity index (χ2v) is 10.6. The average Bonchev–Trinajstić information content (AvgIpc) is 3.45. The van der Waals surface area contributed by atoms with Gasteiger partial charge in [0.1, 0.15) is 5.82 Å². The molecule has 4 rings (SSSR count). The third-order valence-corrected chi connectivity index (χ3v) is 7.47. The number of benzene rings is 3. The summed E-state index contributed by atoms with van der Waals surface area (Å²) in [4.78, 5) is 28.1. The number of hydrogen-bond donors (Lipinski definition) is 3. The highest BCUT2D eigenvalue weighted by atomic mass is 19.4. The molecule has 1 aliphatic heterocycles. The van der Waals surface area contributed by atoms with Crippen LogP contribution in [0, 0.1) is 5.82 Å². The third-order valence-electron chi connectivity index (χ3n) is 7.47. The summed E-state index contributed by atoms with van der Waals surface area (Å²) in [5.74, 6) is -1.88. The highest BCUT2D eigenvalue weighted by Crippen LogP contribution is 2.29. The predicted molar refractivity (Wildman–Crippen MR) is 153 cm³/mol. The van der Waals surface area contributed by atoms with Crippen molar-refractivity contribution in [1.82, 2.24) is 15.5 Å². The lowest BCUT2D eigenvalue weighted by atomic mass is 10.00. The number of halogens is 4. The van der Waals surface area contributed by atoms with Crippen LogP contribution in [0.2, 0.25) is 0 Å². The van der Waals surface area contributed by atoms with E-state index in [0.717, 1.165) is 36.6 Å². The number of amides is 2. The molecule has 0 bridgehead atoms. The van der Waals surface area contributed by atoms with Crippen LogP contribution in [0.1, 0.15) is 50.2 Å². The zero-order chi connectivity index (χ0) is 31.0. The van der Waals surface area contributed by atoms with E-state index in [1.54, 1.807) is 11.0 Å². The fourth-order valence-corrected chi connectivity index (χ4v) is 5.22. The summed E-state index contributed by atoms with van der Waals surface area (Å²) in [5, 5.41) is 16.8. The Balaban J connectivity index is 1.46. The number of rotatable bonds is 12. The van der Waals surface area contributed by atoms with Gasteiger partial charge in [-0.3, -0.25) is 9.59 Å². The summed E-state index contributed by atoms with van der Waals surface area (Å²) in [6.07, 6.45) is -3.84. The molecule has 11 heteroatoms. The van der Waals surface area contributed by atoms with Gasteiger partial charge in [-0.1, -0.05) is 48.5 Å². The van der Waals surface area contributed by atoms with Gasteiger partial charge in [-0.25, -0.2) is 4.39 Å². The van der Waals surface area contributed by atoms with Crippen molar-refractivity contribution in [2.24, 2.45) is 0 Å². The molecule has 2 amide bonds. The SMILES string of the molecule is COCC1CCCN1C(=O)c1cc(C(=O)N[C@@H](Cc2ccccc2)[C@H](O)CNCc2cccc(C(F)(F)F)c2)ccc1F. The van der Waals surface area contributed by atoms with Gasteiger partial charge in [0, 0.05) is 32.3 Å². The van der Waals surface area contributed by atoms with E-state index in [4.69, 9.17) is 4.74 Å². The molecule has 0 saturated carbocycles. The molecule has 0 radical (unpaired) electrons. The normalized spacial score (nSPS) is 16.6. The van der Waals surface area contributed by atoms with E-state index in [1.807, 2.05) is 30.3 Å². The molecule has 1 heterocycles. The minimum absolute atomic E-state index is 0.0307. The van der Waals surface area contributed by atoms with E-state index in [1.165, 1.54) is 25.3 Å². The van der Waals surface area contributed by atoms with Crippen LogP contribution in [0.25, 0.3) is 0 Å². The van der Waals surface area contributed by atoms with E-state index >= 15 is 0 Å². The average molecular weight is 602 g/mol. The number of aliphatic hydroxyl groups excluding tert-OH is 1. The molecule has 43 heavy (non-hydrogen) atoms. The Labute approximate surface area is 247 Å². The molecule has 1 aliphatic rings. The zero-order valence-corrected chi connectivity index (χ0v) is 23.7. The smallest absolute Gasteiger partial charge is 0.390 e. The monoisotopic (exact) mass is 601 g/mol. The topological polar surface area (TPSA) is 90.9 Å². The quantitative estimate of drug-likeness (QED) is 0.265. The van der Waals surface area contributed by atoms with Crippen LogP contribution in [0.5, 0.6) is 0 Å². The first-order valence-corrected chi connectivity index (χ1v) is 14.1. The number of aliphatic hydroxyl groups is 1. The van der Waals surface area contributed by atoms with Crippen molar-refractivity contribution < 1.29 is 37.0 Å². The molecule has 3 N–H and O–H groups in total. The van der Waals surface area contributed by atoms with Gasteiger partial charge in [0.25, 0.3) is 11.8 Å². The number of methoxy groups -OCH3 is 1. The maximum absolute atomic E-state index is 14.8. The Morgan fingerprint density at radius 1 is 1.05 bits per heavy atom. The van der Waals surface area contributed by atoms with Crippen molar-refractivity contribution in [3.05, 3.63) is 106 Å². The standard InChI is InChI=1S/C32H35F4N3O4/c1-43-20-25-11-6-14-39(25)31(42)26-17-23(12-13-27(26)33)30(41)38-28(16-21-7-3-2-4-8-21)29(40)19-37-18-22-9-5-10-24(15-22)32(34,35)36/h2-5,7-10,12-13,15,17,25,28-29,37,40H,6,11,14,16,18-20H2,1H3,(H,38,41)/t25?,28-,29+/m0/s1. The number of ether oxygens (including phenoxy) is 1. The minimum atomic E-state index is -4.47. The molecule has 1 unspecified atom stereocenters. The maximum atomic E-state index is 14.8. The highest BCUT2D eigenvalue weighted by molar-refractivity contribution is 6.00. The lowest BCUT2D eigenvalue weighted by Gasteiger charge is -2.26. The van der Waals surface area contributed by atoms with Gasteiger partial charge in [-0.2, -0.15) is 13.2 Å². The second kappa shape index (κ2) is 14.6. The molecule has 3 atom stereocenters. The van der Waals surface area contributed by atoms with Crippen molar-refractivity contribution in [3.63, 3.8) is 0 Å². The Bertz CT molecular complexity index is 1390. The van der Waals surface area contributed by atoms with Crippen LogP contribution >= 0.6 is 0 Å². The van der Waals surface area contributed by atoms with Crippen LogP contribution in [-0.4, -0.2) is 66.8 Å². The van der Waals surface area contributed by atoms with Gasteiger partial charge in [-0.15, -0.1) is 0 Å². The van der Waals surface area contributed by atoms with E-state index in [-0.39, 0.29) is 36.7 Å². The predicted octanol–water partition coefficient (Wildman–Crippen LogP) is 4.59. The fraction of sp³-hybridized carbons (Fsp3) is 0.375. The molecule has 7 nitrogen and oxygen atoms in total. The molecule has 0 aliphatic carbocycles. The number of hydrogen-bond acceptors (Lipinski definition) is 5. The number of likely N-dealkylation sites (tertiary alicyclic amines) is 1.